The van der Waals surface area contributed by atoms with Crippen LogP contribution in [0.5, 0.6) is 0 Å². The zero-order valence-corrected chi connectivity index (χ0v) is 10.3. The molecule has 0 amide bonds. The Bertz CT molecular complexity index is 174. The third kappa shape index (κ3) is 2.48. The second kappa shape index (κ2) is 4.63. The Balaban J connectivity index is 2.68. The van der Waals surface area contributed by atoms with Gasteiger partial charge in [-0.15, -0.1) is 0 Å². The van der Waals surface area contributed by atoms with Crippen molar-refractivity contribution in [3.63, 3.8) is 0 Å². The van der Waals surface area contributed by atoms with E-state index in [1.807, 2.05) is 0 Å². The number of hydrogen-bond donors (Lipinski definition) is 1. The van der Waals surface area contributed by atoms with Gasteiger partial charge in [0.05, 0.1) is 6.10 Å². The number of ether oxygens (including phenoxy) is 1. The van der Waals surface area contributed by atoms with Crippen LogP contribution in [0.4, 0.5) is 0 Å². The van der Waals surface area contributed by atoms with Crippen LogP contribution >= 0.6 is 0 Å². The van der Waals surface area contributed by atoms with Gasteiger partial charge in [0, 0.05) is 18.6 Å². The predicted molar refractivity (Wildman–Crippen MR) is 60.4 cm³/mol. The maximum atomic E-state index is 5.75. The molecular weight excluding hydrogens is 174 g/mol. The minimum atomic E-state index is 0.320. The third-order valence-electron chi connectivity index (χ3n) is 3.34. The molecule has 0 aromatic heterocycles. The van der Waals surface area contributed by atoms with E-state index in [9.17, 15) is 0 Å². The first-order valence-electron chi connectivity index (χ1n) is 5.79. The molecule has 0 aromatic rings. The molecule has 1 rings (SSSR count). The summed E-state index contributed by atoms with van der Waals surface area (Å²) in [4.78, 5) is 0. The summed E-state index contributed by atoms with van der Waals surface area (Å²) >= 11 is 0. The minimum absolute atomic E-state index is 0.320. The summed E-state index contributed by atoms with van der Waals surface area (Å²) in [5, 5.41) is 3.47. The highest BCUT2D eigenvalue weighted by Crippen LogP contribution is 2.34. The molecular formula is C12H25NO. The molecule has 0 saturated carbocycles. The number of rotatable bonds is 3. The first-order chi connectivity index (χ1) is 6.50. The van der Waals surface area contributed by atoms with E-state index in [-0.39, 0.29) is 0 Å². The van der Waals surface area contributed by atoms with Crippen LogP contribution in [0.15, 0.2) is 0 Å². The molecule has 3 unspecified atom stereocenters. The summed E-state index contributed by atoms with van der Waals surface area (Å²) in [7, 11) is 2.07. The van der Waals surface area contributed by atoms with Gasteiger partial charge >= 0.3 is 0 Å². The van der Waals surface area contributed by atoms with Gasteiger partial charge in [-0.25, -0.2) is 0 Å². The lowest BCUT2D eigenvalue weighted by atomic mass is 9.76. The van der Waals surface area contributed by atoms with E-state index in [1.54, 1.807) is 0 Å². The van der Waals surface area contributed by atoms with E-state index in [0.717, 1.165) is 13.0 Å². The third-order valence-corrected chi connectivity index (χ3v) is 3.34. The Kier molecular flexibility index (Phi) is 3.96. The molecule has 1 heterocycles. The van der Waals surface area contributed by atoms with Gasteiger partial charge in [0.25, 0.3) is 0 Å². The Morgan fingerprint density at radius 2 is 2.07 bits per heavy atom. The van der Waals surface area contributed by atoms with E-state index < -0.39 is 0 Å². The maximum Gasteiger partial charge on any atom is 0.0616 e. The normalized spacial score (nSPS) is 30.6. The Labute approximate surface area is 88.4 Å². The average Bonchev–Trinajstić information content (AvgIpc) is 2.51. The largest absolute Gasteiger partial charge is 0.378 e. The lowest BCUT2D eigenvalue weighted by Crippen LogP contribution is -2.46. The molecule has 1 fully saturated rings. The Hall–Kier alpha value is -0.0800. The van der Waals surface area contributed by atoms with Crippen molar-refractivity contribution in [1.82, 2.24) is 5.32 Å². The van der Waals surface area contributed by atoms with Gasteiger partial charge in [0.2, 0.25) is 0 Å². The molecule has 1 N–H and O–H groups in total. The van der Waals surface area contributed by atoms with Crippen molar-refractivity contribution in [2.24, 2.45) is 11.3 Å². The standard InChI is InChI=1S/C12H25NO/c1-6-10-9(7-8-14-10)11(13-5)12(2,3)4/h9-11,13H,6-8H2,1-5H3. The molecule has 3 atom stereocenters. The van der Waals surface area contributed by atoms with Gasteiger partial charge in [-0.3, -0.25) is 0 Å². The zero-order chi connectivity index (χ0) is 10.8. The number of hydrogen-bond acceptors (Lipinski definition) is 2. The van der Waals surface area contributed by atoms with Crippen LogP contribution in [0, 0.1) is 11.3 Å². The highest BCUT2D eigenvalue weighted by atomic mass is 16.5. The molecule has 0 bridgehead atoms. The number of nitrogens with one attached hydrogen (secondary N) is 1. The van der Waals surface area contributed by atoms with Crippen LogP contribution in [-0.4, -0.2) is 25.8 Å². The second-order valence-corrected chi connectivity index (χ2v) is 5.40. The molecule has 2 nitrogen and oxygen atoms in total. The average molecular weight is 199 g/mol. The van der Waals surface area contributed by atoms with E-state index in [4.69, 9.17) is 4.74 Å². The lowest BCUT2D eigenvalue weighted by molar-refractivity contribution is 0.0613. The van der Waals surface area contributed by atoms with Gasteiger partial charge < -0.3 is 10.1 Å². The van der Waals surface area contributed by atoms with E-state index in [1.165, 1.54) is 6.42 Å². The fourth-order valence-electron chi connectivity index (χ4n) is 2.76. The van der Waals surface area contributed by atoms with Crippen molar-refractivity contribution < 1.29 is 4.74 Å². The van der Waals surface area contributed by atoms with Crippen LogP contribution in [-0.2, 0) is 4.74 Å². The fourth-order valence-corrected chi connectivity index (χ4v) is 2.76. The van der Waals surface area contributed by atoms with Crippen molar-refractivity contribution in [2.75, 3.05) is 13.7 Å². The summed E-state index contributed by atoms with van der Waals surface area (Å²) < 4.78 is 5.75. The lowest BCUT2D eigenvalue weighted by Gasteiger charge is -2.37. The van der Waals surface area contributed by atoms with Gasteiger partial charge in [0.1, 0.15) is 0 Å². The molecule has 0 aliphatic carbocycles. The maximum absolute atomic E-state index is 5.75. The van der Waals surface area contributed by atoms with Crippen LogP contribution < -0.4 is 5.32 Å². The van der Waals surface area contributed by atoms with E-state index in [0.29, 0.717) is 23.5 Å². The molecule has 0 aromatic carbocycles. The minimum Gasteiger partial charge on any atom is -0.378 e. The topological polar surface area (TPSA) is 21.3 Å². The molecule has 14 heavy (non-hydrogen) atoms. The highest BCUT2D eigenvalue weighted by molar-refractivity contribution is 4.91. The quantitative estimate of drug-likeness (QED) is 0.754. The first-order valence-corrected chi connectivity index (χ1v) is 5.79. The summed E-state index contributed by atoms with van der Waals surface area (Å²) in [5.41, 5.74) is 0.320. The molecule has 0 spiro atoms. The highest BCUT2D eigenvalue weighted by Gasteiger charge is 2.38. The summed E-state index contributed by atoms with van der Waals surface area (Å²) in [6.07, 6.45) is 2.81. The predicted octanol–water partition coefficient (Wildman–Crippen LogP) is 2.44. The molecule has 1 aliphatic heterocycles. The van der Waals surface area contributed by atoms with Crippen LogP contribution in [0.2, 0.25) is 0 Å². The monoisotopic (exact) mass is 199 g/mol. The fraction of sp³-hybridized carbons (Fsp3) is 1.00. The van der Waals surface area contributed by atoms with E-state index in [2.05, 4.69) is 40.1 Å². The van der Waals surface area contributed by atoms with Gasteiger partial charge in [-0.2, -0.15) is 0 Å². The Morgan fingerprint density at radius 3 is 2.50 bits per heavy atom. The molecule has 2 heteroatoms. The summed E-state index contributed by atoms with van der Waals surface area (Å²) in [6.45, 7) is 10.1. The van der Waals surface area contributed by atoms with Gasteiger partial charge in [-0.1, -0.05) is 27.7 Å². The van der Waals surface area contributed by atoms with Crippen molar-refractivity contribution in [3.8, 4) is 0 Å². The first kappa shape index (κ1) is 12.0. The SMILES string of the molecule is CCC1OCCC1C(NC)C(C)(C)C. The van der Waals surface area contributed by atoms with Crippen molar-refractivity contribution >= 4 is 0 Å². The van der Waals surface area contributed by atoms with Crippen molar-refractivity contribution in [3.05, 3.63) is 0 Å². The molecule has 1 saturated heterocycles. The van der Waals surface area contributed by atoms with Gasteiger partial charge in [0.15, 0.2) is 0 Å². The van der Waals surface area contributed by atoms with E-state index >= 15 is 0 Å². The molecule has 0 radical (unpaired) electrons. The van der Waals surface area contributed by atoms with Crippen LogP contribution in [0.3, 0.4) is 0 Å². The zero-order valence-electron chi connectivity index (χ0n) is 10.3. The second-order valence-electron chi connectivity index (χ2n) is 5.40. The van der Waals surface area contributed by atoms with Gasteiger partial charge in [-0.05, 0) is 25.3 Å². The molecule has 84 valence electrons. The smallest absolute Gasteiger partial charge is 0.0616 e. The van der Waals surface area contributed by atoms with Crippen molar-refractivity contribution in [2.45, 2.75) is 52.7 Å². The van der Waals surface area contributed by atoms with Crippen LogP contribution in [0.25, 0.3) is 0 Å². The van der Waals surface area contributed by atoms with Crippen LogP contribution in [0.1, 0.15) is 40.5 Å². The Morgan fingerprint density at radius 1 is 1.43 bits per heavy atom. The summed E-state index contributed by atoms with van der Waals surface area (Å²) in [5.74, 6) is 0.685. The van der Waals surface area contributed by atoms with Crippen molar-refractivity contribution in [1.29, 1.82) is 0 Å². The summed E-state index contributed by atoms with van der Waals surface area (Å²) in [6, 6.07) is 0.565. The molecule has 1 aliphatic rings.